The highest BCUT2D eigenvalue weighted by molar-refractivity contribution is 5.97. The number of hydrogen-bond donors (Lipinski definition) is 1. The molecule has 0 aliphatic carbocycles. The molecular weight excluding hydrogens is 308 g/mol. The summed E-state index contributed by atoms with van der Waals surface area (Å²) in [5.41, 5.74) is 0.695. The molecule has 1 N–H and O–H groups in total. The third kappa shape index (κ3) is 3.76. The number of furan rings is 1. The van der Waals surface area contributed by atoms with Gasteiger partial charge in [-0.3, -0.25) is 9.59 Å². The van der Waals surface area contributed by atoms with Gasteiger partial charge in [0.15, 0.2) is 0 Å². The first-order chi connectivity index (χ1) is 11.7. The van der Waals surface area contributed by atoms with E-state index in [1.807, 2.05) is 25.1 Å². The Morgan fingerprint density at radius 1 is 1.33 bits per heavy atom. The molecule has 2 aromatic rings. The first kappa shape index (κ1) is 16.1. The molecule has 24 heavy (non-hydrogen) atoms. The molecule has 3 rings (SSSR count). The summed E-state index contributed by atoms with van der Waals surface area (Å²) in [5.74, 6) is 0.957. The summed E-state index contributed by atoms with van der Waals surface area (Å²) in [6.45, 7) is 3.32. The van der Waals surface area contributed by atoms with Gasteiger partial charge in [-0.1, -0.05) is 0 Å². The van der Waals surface area contributed by atoms with Gasteiger partial charge in [0.2, 0.25) is 11.8 Å². The molecule has 6 nitrogen and oxygen atoms in total. The van der Waals surface area contributed by atoms with E-state index in [1.54, 1.807) is 29.4 Å². The minimum absolute atomic E-state index is 0.0294. The average Bonchev–Trinajstić information content (AvgIpc) is 3.20. The standard InChI is InChI=1S/C18H20N2O4/c1-2-23-15-7-5-14(6-8-15)19-18(22)13-10-17(21)20(11-13)12-16-4-3-9-24-16/h3-9,13H,2,10-12H2,1H3,(H,19,22)/t13-/m1/s1. The molecule has 1 fully saturated rings. The smallest absolute Gasteiger partial charge is 0.229 e. The summed E-state index contributed by atoms with van der Waals surface area (Å²) in [4.78, 5) is 26.1. The Balaban J connectivity index is 1.56. The van der Waals surface area contributed by atoms with E-state index in [-0.39, 0.29) is 24.2 Å². The van der Waals surface area contributed by atoms with Crippen LogP contribution in [-0.4, -0.2) is 29.9 Å². The third-order valence-electron chi connectivity index (χ3n) is 3.94. The zero-order valence-electron chi connectivity index (χ0n) is 13.5. The number of likely N-dealkylation sites (tertiary alicyclic amines) is 1. The summed E-state index contributed by atoms with van der Waals surface area (Å²) in [6, 6.07) is 10.8. The fourth-order valence-corrected chi connectivity index (χ4v) is 2.74. The zero-order chi connectivity index (χ0) is 16.9. The molecule has 1 aromatic carbocycles. The van der Waals surface area contributed by atoms with Gasteiger partial charge in [0.05, 0.1) is 25.3 Å². The molecule has 0 unspecified atom stereocenters. The number of carbonyl (C=O) groups excluding carboxylic acids is 2. The van der Waals surface area contributed by atoms with E-state index in [4.69, 9.17) is 9.15 Å². The Kier molecular flexibility index (Phi) is 4.84. The quantitative estimate of drug-likeness (QED) is 0.885. The maximum Gasteiger partial charge on any atom is 0.229 e. The van der Waals surface area contributed by atoms with E-state index in [0.717, 1.165) is 11.5 Å². The SMILES string of the molecule is CCOc1ccc(NC(=O)[C@@H]2CC(=O)N(Cc3ccco3)C2)cc1. The van der Waals surface area contributed by atoms with E-state index in [2.05, 4.69) is 5.32 Å². The molecule has 0 bridgehead atoms. The van der Waals surface area contributed by atoms with Crippen LogP contribution in [0.5, 0.6) is 5.75 Å². The normalized spacial score (nSPS) is 17.1. The highest BCUT2D eigenvalue weighted by atomic mass is 16.5. The van der Waals surface area contributed by atoms with Gasteiger partial charge >= 0.3 is 0 Å². The summed E-state index contributed by atoms with van der Waals surface area (Å²) >= 11 is 0. The van der Waals surface area contributed by atoms with E-state index >= 15 is 0 Å². The lowest BCUT2D eigenvalue weighted by atomic mass is 10.1. The molecular formula is C18H20N2O4. The highest BCUT2D eigenvalue weighted by Crippen LogP contribution is 2.23. The molecule has 1 saturated heterocycles. The third-order valence-corrected chi connectivity index (χ3v) is 3.94. The number of benzene rings is 1. The highest BCUT2D eigenvalue weighted by Gasteiger charge is 2.34. The summed E-state index contributed by atoms with van der Waals surface area (Å²) in [5, 5.41) is 2.86. The topological polar surface area (TPSA) is 71.8 Å². The Morgan fingerprint density at radius 3 is 2.79 bits per heavy atom. The molecule has 2 heterocycles. The van der Waals surface area contributed by atoms with Crippen LogP contribution in [0.3, 0.4) is 0 Å². The second-order valence-corrected chi connectivity index (χ2v) is 5.70. The van der Waals surface area contributed by atoms with Crippen LogP contribution in [-0.2, 0) is 16.1 Å². The molecule has 6 heteroatoms. The Labute approximate surface area is 140 Å². The summed E-state index contributed by atoms with van der Waals surface area (Å²) in [6.07, 6.45) is 1.80. The Morgan fingerprint density at radius 2 is 2.12 bits per heavy atom. The molecule has 2 amide bonds. The first-order valence-electron chi connectivity index (χ1n) is 7.99. The second kappa shape index (κ2) is 7.21. The fourth-order valence-electron chi connectivity index (χ4n) is 2.74. The van der Waals surface area contributed by atoms with Crippen LogP contribution >= 0.6 is 0 Å². The van der Waals surface area contributed by atoms with Crippen molar-refractivity contribution in [1.29, 1.82) is 0 Å². The van der Waals surface area contributed by atoms with Crippen LogP contribution in [0.1, 0.15) is 19.1 Å². The average molecular weight is 328 g/mol. The number of carbonyl (C=O) groups is 2. The zero-order valence-corrected chi connectivity index (χ0v) is 13.5. The summed E-state index contributed by atoms with van der Waals surface area (Å²) in [7, 11) is 0. The molecule has 0 spiro atoms. The van der Waals surface area contributed by atoms with Crippen molar-refractivity contribution in [1.82, 2.24) is 4.90 Å². The molecule has 1 atom stereocenters. The largest absolute Gasteiger partial charge is 0.494 e. The van der Waals surface area contributed by atoms with Crippen molar-refractivity contribution in [2.45, 2.75) is 19.9 Å². The number of amides is 2. The molecule has 0 radical (unpaired) electrons. The summed E-state index contributed by atoms with van der Waals surface area (Å²) < 4.78 is 10.6. The van der Waals surface area contributed by atoms with Crippen LogP contribution in [0.2, 0.25) is 0 Å². The van der Waals surface area contributed by atoms with E-state index < -0.39 is 0 Å². The number of ether oxygens (including phenoxy) is 1. The lowest BCUT2D eigenvalue weighted by Crippen LogP contribution is -2.27. The van der Waals surface area contributed by atoms with Crippen LogP contribution < -0.4 is 10.1 Å². The van der Waals surface area contributed by atoms with Crippen LogP contribution in [0, 0.1) is 5.92 Å². The maximum absolute atomic E-state index is 12.4. The molecule has 126 valence electrons. The number of rotatable bonds is 6. The van der Waals surface area contributed by atoms with E-state index in [0.29, 0.717) is 25.4 Å². The Bertz CT molecular complexity index is 694. The van der Waals surface area contributed by atoms with Gasteiger partial charge in [-0.2, -0.15) is 0 Å². The van der Waals surface area contributed by atoms with Crippen LogP contribution in [0.25, 0.3) is 0 Å². The van der Waals surface area contributed by atoms with Crippen molar-refractivity contribution >= 4 is 17.5 Å². The van der Waals surface area contributed by atoms with Gasteiger partial charge in [-0.25, -0.2) is 0 Å². The van der Waals surface area contributed by atoms with Crippen LogP contribution in [0.15, 0.2) is 47.1 Å². The van der Waals surface area contributed by atoms with Gasteiger partial charge in [-0.15, -0.1) is 0 Å². The minimum Gasteiger partial charge on any atom is -0.494 e. The van der Waals surface area contributed by atoms with E-state index in [9.17, 15) is 9.59 Å². The fraction of sp³-hybridized carbons (Fsp3) is 0.333. The van der Waals surface area contributed by atoms with Gasteiger partial charge in [0.1, 0.15) is 11.5 Å². The van der Waals surface area contributed by atoms with Gasteiger partial charge < -0.3 is 19.4 Å². The molecule has 0 saturated carbocycles. The first-order valence-corrected chi connectivity index (χ1v) is 7.99. The monoisotopic (exact) mass is 328 g/mol. The van der Waals surface area contributed by atoms with Crippen molar-refractivity contribution in [2.24, 2.45) is 5.92 Å². The minimum atomic E-state index is -0.348. The van der Waals surface area contributed by atoms with Gasteiger partial charge in [0.25, 0.3) is 0 Å². The van der Waals surface area contributed by atoms with Gasteiger partial charge in [0, 0.05) is 18.7 Å². The predicted octanol–water partition coefficient (Wildman–Crippen LogP) is 2.67. The van der Waals surface area contributed by atoms with Crippen molar-refractivity contribution in [2.75, 3.05) is 18.5 Å². The van der Waals surface area contributed by atoms with Gasteiger partial charge in [-0.05, 0) is 43.3 Å². The number of nitrogens with one attached hydrogen (secondary N) is 1. The number of hydrogen-bond acceptors (Lipinski definition) is 4. The van der Waals surface area contributed by atoms with Crippen LogP contribution in [0.4, 0.5) is 5.69 Å². The maximum atomic E-state index is 12.4. The molecule has 1 aliphatic heterocycles. The van der Waals surface area contributed by atoms with Crippen molar-refractivity contribution in [3.05, 3.63) is 48.4 Å². The lowest BCUT2D eigenvalue weighted by molar-refractivity contribution is -0.128. The second-order valence-electron chi connectivity index (χ2n) is 5.70. The lowest BCUT2D eigenvalue weighted by Gasteiger charge is -2.15. The number of nitrogens with zero attached hydrogens (tertiary/aromatic N) is 1. The van der Waals surface area contributed by atoms with Crippen molar-refractivity contribution in [3.8, 4) is 5.75 Å². The van der Waals surface area contributed by atoms with E-state index in [1.165, 1.54) is 0 Å². The Hall–Kier alpha value is -2.76. The van der Waals surface area contributed by atoms with Crippen molar-refractivity contribution in [3.63, 3.8) is 0 Å². The number of anilines is 1. The predicted molar refractivity (Wildman–Crippen MR) is 88.5 cm³/mol. The molecule has 1 aromatic heterocycles. The van der Waals surface area contributed by atoms with Crippen molar-refractivity contribution < 1.29 is 18.7 Å². The molecule has 1 aliphatic rings.